The molecule has 4 nitrogen and oxygen atoms in total. The molecule has 0 aromatic rings. The highest BCUT2D eigenvalue weighted by Gasteiger charge is 2.40. The number of carbonyl (C=O) groups is 1. The Morgan fingerprint density at radius 2 is 2.00 bits per heavy atom. The summed E-state index contributed by atoms with van der Waals surface area (Å²) in [5.41, 5.74) is 0.0155. The molecule has 2 rings (SSSR count). The van der Waals surface area contributed by atoms with Crippen molar-refractivity contribution < 1.29 is 9.90 Å². The van der Waals surface area contributed by atoms with Gasteiger partial charge in [-0.2, -0.15) is 0 Å². The maximum absolute atomic E-state index is 12.8. The Balaban J connectivity index is 2.09. The lowest BCUT2D eigenvalue weighted by atomic mass is 9.77. The number of rotatable bonds is 4. The second-order valence-corrected chi connectivity index (χ2v) is 6.67. The van der Waals surface area contributed by atoms with E-state index in [2.05, 4.69) is 19.2 Å². The van der Waals surface area contributed by atoms with Crippen LogP contribution in [0, 0.1) is 5.41 Å². The second kappa shape index (κ2) is 6.23. The van der Waals surface area contributed by atoms with Crippen LogP contribution in [0.4, 0.5) is 0 Å². The van der Waals surface area contributed by atoms with Crippen LogP contribution in [0.3, 0.4) is 0 Å². The number of carbonyl (C=O) groups excluding carboxylic acids is 1. The number of piperidine rings is 1. The number of aliphatic hydroxyl groups is 1. The van der Waals surface area contributed by atoms with Crippen LogP contribution in [0.2, 0.25) is 0 Å². The Hall–Kier alpha value is -0.610. The molecule has 1 amide bonds. The van der Waals surface area contributed by atoms with E-state index in [1.165, 1.54) is 12.8 Å². The number of nitrogens with one attached hydrogen (secondary N) is 1. The minimum absolute atomic E-state index is 0.0155. The number of hydrogen-bond acceptors (Lipinski definition) is 3. The average molecular weight is 268 g/mol. The first-order valence-corrected chi connectivity index (χ1v) is 7.71. The van der Waals surface area contributed by atoms with Gasteiger partial charge in [0.15, 0.2) is 0 Å². The predicted octanol–water partition coefficient (Wildman–Crippen LogP) is 1.53. The van der Waals surface area contributed by atoms with Gasteiger partial charge >= 0.3 is 0 Å². The van der Waals surface area contributed by atoms with Crippen molar-refractivity contribution in [2.75, 3.05) is 19.7 Å². The first-order valence-electron chi connectivity index (χ1n) is 7.71. The summed E-state index contributed by atoms with van der Waals surface area (Å²) < 4.78 is 0. The first-order chi connectivity index (χ1) is 9.06. The topological polar surface area (TPSA) is 52.6 Å². The van der Waals surface area contributed by atoms with Crippen molar-refractivity contribution in [3.8, 4) is 0 Å². The van der Waals surface area contributed by atoms with Crippen molar-refractivity contribution >= 4 is 5.91 Å². The van der Waals surface area contributed by atoms with E-state index in [0.717, 1.165) is 32.2 Å². The Morgan fingerprint density at radius 1 is 1.32 bits per heavy atom. The minimum atomic E-state index is -0.0894. The van der Waals surface area contributed by atoms with Gasteiger partial charge in [0.25, 0.3) is 0 Å². The maximum Gasteiger partial charge on any atom is 0.240 e. The van der Waals surface area contributed by atoms with Crippen molar-refractivity contribution in [1.82, 2.24) is 10.2 Å². The molecule has 4 heteroatoms. The Morgan fingerprint density at radius 3 is 2.58 bits per heavy atom. The van der Waals surface area contributed by atoms with Gasteiger partial charge in [-0.15, -0.1) is 0 Å². The molecule has 2 N–H and O–H groups in total. The summed E-state index contributed by atoms with van der Waals surface area (Å²) in [6.45, 7) is 5.83. The molecule has 1 unspecified atom stereocenters. The van der Waals surface area contributed by atoms with Crippen LogP contribution >= 0.6 is 0 Å². The molecule has 1 saturated carbocycles. The van der Waals surface area contributed by atoms with Crippen molar-refractivity contribution in [1.29, 1.82) is 0 Å². The minimum Gasteiger partial charge on any atom is -0.395 e. The van der Waals surface area contributed by atoms with Crippen LogP contribution in [-0.2, 0) is 4.79 Å². The Labute approximate surface area is 116 Å². The summed E-state index contributed by atoms with van der Waals surface area (Å²) in [5, 5.41) is 12.7. The van der Waals surface area contributed by atoms with Gasteiger partial charge in [-0.3, -0.25) is 4.79 Å². The molecule has 0 aromatic heterocycles. The molecule has 2 aliphatic rings. The summed E-state index contributed by atoms with van der Waals surface area (Å²) in [5.74, 6) is 0.200. The third-order valence-corrected chi connectivity index (χ3v) is 4.76. The molecule has 2 fully saturated rings. The normalized spacial score (nSPS) is 27.4. The van der Waals surface area contributed by atoms with Gasteiger partial charge in [0.1, 0.15) is 0 Å². The van der Waals surface area contributed by atoms with E-state index in [9.17, 15) is 9.90 Å². The lowest BCUT2D eigenvalue weighted by Gasteiger charge is -2.42. The third-order valence-electron chi connectivity index (χ3n) is 4.76. The van der Waals surface area contributed by atoms with Crippen molar-refractivity contribution in [2.24, 2.45) is 5.41 Å². The average Bonchev–Trinajstić information content (AvgIpc) is 2.88. The van der Waals surface area contributed by atoms with Gasteiger partial charge in [0, 0.05) is 12.6 Å². The first kappa shape index (κ1) is 14.8. The van der Waals surface area contributed by atoms with E-state index >= 15 is 0 Å². The monoisotopic (exact) mass is 268 g/mol. The number of nitrogens with zero attached hydrogens (tertiary/aromatic N) is 1. The zero-order chi connectivity index (χ0) is 13.9. The van der Waals surface area contributed by atoms with E-state index in [4.69, 9.17) is 0 Å². The van der Waals surface area contributed by atoms with E-state index < -0.39 is 0 Å². The fourth-order valence-electron chi connectivity index (χ4n) is 3.59. The largest absolute Gasteiger partial charge is 0.395 e. The summed E-state index contributed by atoms with van der Waals surface area (Å²) in [4.78, 5) is 14.8. The molecule has 1 heterocycles. The fraction of sp³-hybridized carbons (Fsp3) is 0.933. The highest BCUT2D eigenvalue weighted by molar-refractivity contribution is 5.83. The highest BCUT2D eigenvalue weighted by atomic mass is 16.3. The van der Waals surface area contributed by atoms with Gasteiger partial charge in [-0.05, 0) is 37.6 Å². The van der Waals surface area contributed by atoms with Gasteiger partial charge in [0.05, 0.1) is 12.6 Å². The highest BCUT2D eigenvalue weighted by Crippen LogP contribution is 2.33. The van der Waals surface area contributed by atoms with Gasteiger partial charge in [0.2, 0.25) is 5.91 Å². The van der Waals surface area contributed by atoms with Crippen LogP contribution in [-0.4, -0.2) is 47.7 Å². The molecule has 1 aliphatic heterocycles. The smallest absolute Gasteiger partial charge is 0.240 e. The summed E-state index contributed by atoms with van der Waals surface area (Å²) in [6.07, 6.45) is 6.84. The second-order valence-electron chi connectivity index (χ2n) is 6.67. The molecule has 110 valence electrons. The number of amides is 1. The Kier molecular flexibility index (Phi) is 4.85. The third kappa shape index (κ3) is 3.29. The van der Waals surface area contributed by atoms with Crippen LogP contribution in [0.15, 0.2) is 0 Å². The van der Waals surface area contributed by atoms with Gasteiger partial charge in [-0.1, -0.05) is 26.7 Å². The molecule has 1 saturated heterocycles. The van der Waals surface area contributed by atoms with E-state index in [-0.39, 0.29) is 24.0 Å². The van der Waals surface area contributed by atoms with E-state index in [0.29, 0.717) is 12.6 Å². The van der Waals surface area contributed by atoms with Crippen molar-refractivity contribution in [3.63, 3.8) is 0 Å². The zero-order valence-electron chi connectivity index (χ0n) is 12.3. The SMILES string of the molecule is CC1(C)CCCNC1C(=O)N(CCO)C1CCCC1. The van der Waals surface area contributed by atoms with Crippen molar-refractivity contribution in [3.05, 3.63) is 0 Å². The standard InChI is InChI=1S/C15H28N2O2/c1-15(2)8-5-9-16-13(15)14(19)17(10-11-18)12-6-3-4-7-12/h12-13,16,18H,3-11H2,1-2H3. The van der Waals surface area contributed by atoms with Crippen LogP contribution in [0.5, 0.6) is 0 Å². The summed E-state index contributed by atoms with van der Waals surface area (Å²) in [6, 6.07) is 0.257. The van der Waals surface area contributed by atoms with Crippen LogP contribution in [0.25, 0.3) is 0 Å². The number of hydrogen-bond donors (Lipinski definition) is 2. The van der Waals surface area contributed by atoms with Crippen LogP contribution < -0.4 is 5.32 Å². The summed E-state index contributed by atoms with van der Waals surface area (Å²) >= 11 is 0. The van der Waals surface area contributed by atoms with E-state index in [1.807, 2.05) is 4.90 Å². The lowest BCUT2D eigenvalue weighted by molar-refractivity contribution is -0.140. The number of aliphatic hydroxyl groups excluding tert-OH is 1. The Bertz CT molecular complexity index is 311. The van der Waals surface area contributed by atoms with E-state index in [1.54, 1.807) is 0 Å². The van der Waals surface area contributed by atoms with Gasteiger partial charge < -0.3 is 15.3 Å². The molecule has 1 atom stereocenters. The molecule has 0 radical (unpaired) electrons. The molecular weight excluding hydrogens is 240 g/mol. The lowest BCUT2D eigenvalue weighted by Crippen LogP contribution is -2.58. The molecule has 0 spiro atoms. The molecule has 0 bridgehead atoms. The molecule has 0 aromatic carbocycles. The molecule has 19 heavy (non-hydrogen) atoms. The predicted molar refractivity (Wildman–Crippen MR) is 75.9 cm³/mol. The maximum atomic E-state index is 12.8. The molecule has 1 aliphatic carbocycles. The van der Waals surface area contributed by atoms with Crippen molar-refractivity contribution in [2.45, 2.75) is 64.5 Å². The molecular formula is C15H28N2O2. The van der Waals surface area contributed by atoms with Crippen LogP contribution in [0.1, 0.15) is 52.4 Å². The fourth-order valence-corrected chi connectivity index (χ4v) is 3.59. The quantitative estimate of drug-likeness (QED) is 0.813. The van der Waals surface area contributed by atoms with Gasteiger partial charge in [-0.25, -0.2) is 0 Å². The summed E-state index contributed by atoms with van der Waals surface area (Å²) in [7, 11) is 0. The zero-order valence-corrected chi connectivity index (χ0v) is 12.3.